The summed E-state index contributed by atoms with van der Waals surface area (Å²) in [5.41, 5.74) is 4.12. The average molecular weight is 326 g/mol. The van der Waals surface area contributed by atoms with Crippen molar-refractivity contribution in [3.63, 3.8) is 0 Å². The largest absolute Gasteiger partial charge is 0.454 e. The highest BCUT2D eigenvalue weighted by Gasteiger charge is 2.16. The lowest BCUT2D eigenvalue weighted by atomic mass is 10.2. The van der Waals surface area contributed by atoms with Crippen molar-refractivity contribution in [3.8, 4) is 11.5 Å². The van der Waals surface area contributed by atoms with Crippen molar-refractivity contribution < 1.29 is 23.8 Å². The second-order valence-electron chi connectivity index (χ2n) is 4.95. The number of nitrogens with zero attached hydrogens (tertiary/aromatic N) is 3. The molecule has 9 heteroatoms. The van der Waals surface area contributed by atoms with E-state index in [1.54, 1.807) is 36.4 Å². The van der Waals surface area contributed by atoms with Crippen LogP contribution in [0.1, 0.15) is 15.9 Å². The molecule has 1 aliphatic rings. The summed E-state index contributed by atoms with van der Waals surface area (Å²) >= 11 is 0. The van der Waals surface area contributed by atoms with Crippen LogP contribution in [0.3, 0.4) is 0 Å². The molecule has 24 heavy (non-hydrogen) atoms. The van der Waals surface area contributed by atoms with Gasteiger partial charge in [-0.15, -0.1) is 0 Å². The Kier molecular flexibility index (Phi) is 3.23. The number of carbonyl (C=O) groups excluding carboxylic acids is 1. The summed E-state index contributed by atoms with van der Waals surface area (Å²) in [5.74, 6) is 0.724. The first-order valence-corrected chi connectivity index (χ1v) is 6.93. The zero-order chi connectivity index (χ0) is 16.5. The van der Waals surface area contributed by atoms with Crippen molar-refractivity contribution in [2.45, 2.75) is 0 Å². The van der Waals surface area contributed by atoms with Crippen molar-refractivity contribution in [2.75, 3.05) is 6.79 Å². The smallest absolute Gasteiger partial charge is 0.271 e. The number of hydrazone groups is 1. The van der Waals surface area contributed by atoms with Gasteiger partial charge in [0, 0.05) is 16.8 Å². The summed E-state index contributed by atoms with van der Waals surface area (Å²) in [4.78, 5) is 12.4. The monoisotopic (exact) mass is 326 g/mol. The number of carbonyl (C=O) groups is 1. The molecule has 0 fully saturated rings. The van der Waals surface area contributed by atoms with E-state index in [9.17, 15) is 10.0 Å². The van der Waals surface area contributed by atoms with Crippen LogP contribution in [0.2, 0.25) is 0 Å². The van der Waals surface area contributed by atoms with E-state index < -0.39 is 5.91 Å². The maximum Gasteiger partial charge on any atom is 0.271 e. The number of aromatic nitrogens is 2. The van der Waals surface area contributed by atoms with E-state index in [-0.39, 0.29) is 12.3 Å². The third-order valence-corrected chi connectivity index (χ3v) is 3.42. The minimum atomic E-state index is -0.394. The third-order valence-electron chi connectivity index (χ3n) is 3.42. The molecule has 0 saturated carbocycles. The van der Waals surface area contributed by atoms with Crippen LogP contribution in [0, 0.1) is 5.21 Å². The van der Waals surface area contributed by atoms with Gasteiger partial charge in [0.2, 0.25) is 17.8 Å². The van der Waals surface area contributed by atoms with E-state index in [4.69, 9.17) is 9.47 Å². The molecular weight excluding hydrogens is 316 g/mol. The fourth-order valence-electron chi connectivity index (χ4n) is 2.24. The predicted molar refractivity (Wildman–Crippen MR) is 80.6 cm³/mol. The Balaban J connectivity index is 1.47. The quantitative estimate of drug-likeness (QED) is 0.435. The molecule has 0 aliphatic carbocycles. The molecule has 0 radical (unpaired) electrons. The number of nitrogens with one attached hydrogen (secondary N) is 1. The standard InChI is InChI=1S/C15H10N4O5/c20-15(10-2-4-13-14(6-10)23-8-22-13)17-16-7-9-1-3-11-12(5-9)19(21)24-18-11/h1-7H,8H2,(H,17,20)/b16-7+. The van der Waals surface area contributed by atoms with Crippen molar-refractivity contribution in [1.82, 2.24) is 10.6 Å². The Labute approximate surface area is 134 Å². The van der Waals surface area contributed by atoms with Gasteiger partial charge < -0.3 is 14.7 Å². The molecule has 0 bridgehead atoms. The SMILES string of the molecule is O=C(N/N=C/c1ccc2no[n+]([O-])c2c1)c1ccc2c(c1)OCO2. The molecule has 0 spiro atoms. The number of hydrogen-bond donors (Lipinski definition) is 1. The highest BCUT2D eigenvalue weighted by Crippen LogP contribution is 2.32. The molecule has 3 aromatic rings. The Hall–Kier alpha value is -3.62. The van der Waals surface area contributed by atoms with Crippen LogP contribution in [-0.2, 0) is 0 Å². The zero-order valence-corrected chi connectivity index (χ0v) is 12.1. The van der Waals surface area contributed by atoms with Gasteiger partial charge in [-0.3, -0.25) is 9.42 Å². The maximum atomic E-state index is 12.1. The van der Waals surface area contributed by atoms with Crippen LogP contribution < -0.4 is 19.8 Å². The summed E-state index contributed by atoms with van der Waals surface area (Å²) in [5, 5.41) is 18.8. The Bertz CT molecular complexity index is 966. The van der Waals surface area contributed by atoms with Crippen molar-refractivity contribution in [3.05, 3.63) is 52.7 Å². The fourth-order valence-corrected chi connectivity index (χ4v) is 2.24. The lowest BCUT2D eigenvalue weighted by Crippen LogP contribution is -2.22. The molecule has 0 saturated heterocycles. The number of ether oxygens (including phenoxy) is 2. The van der Waals surface area contributed by atoms with Gasteiger partial charge in [0.15, 0.2) is 11.5 Å². The molecular formula is C15H10N4O5. The highest BCUT2D eigenvalue weighted by atomic mass is 16.8. The second kappa shape index (κ2) is 5.54. The van der Waals surface area contributed by atoms with Crippen molar-refractivity contribution in [2.24, 2.45) is 5.10 Å². The Morgan fingerprint density at radius 2 is 2.12 bits per heavy atom. The van der Waals surface area contributed by atoms with Crippen LogP contribution in [0.5, 0.6) is 11.5 Å². The number of hydrogen-bond acceptors (Lipinski definition) is 7. The van der Waals surface area contributed by atoms with Gasteiger partial charge in [-0.1, -0.05) is 0 Å². The van der Waals surface area contributed by atoms with E-state index >= 15 is 0 Å². The van der Waals surface area contributed by atoms with E-state index in [0.717, 1.165) is 0 Å². The molecule has 0 atom stereocenters. The van der Waals surface area contributed by atoms with Gasteiger partial charge >= 0.3 is 0 Å². The summed E-state index contributed by atoms with van der Waals surface area (Å²) in [6.07, 6.45) is 1.41. The van der Waals surface area contributed by atoms with Gasteiger partial charge in [0.25, 0.3) is 5.91 Å². The maximum absolute atomic E-state index is 12.1. The number of amides is 1. The van der Waals surface area contributed by atoms with E-state index in [2.05, 4.69) is 20.3 Å². The normalized spacial score (nSPS) is 12.8. The zero-order valence-electron chi connectivity index (χ0n) is 12.1. The number of benzene rings is 2. The van der Waals surface area contributed by atoms with Gasteiger partial charge in [-0.2, -0.15) is 5.10 Å². The molecule has 1 aliphatic heterocycles. The lowest BCUT2D eigenvalue weighted by Gasteiger charge is -2.01. The molecule has 9 nitrogen and oxygen atoms in total. The minimum absolute atomic E-state index is 0.142. The highest BCUT2D eigenvalue weighted by molar-refractivity contribution is 5.95. The van der Waals surface area contributed by atoms with E-state index in [0.29, 0.717) is 33.0 Å². The van der Waals surface area contributed by atoms with Crippen LogP contribution in [0.15, 0.2) is 46.1 Å². The molecule has 0 unspecified atom stereocenters. The van der Waals surface area contributed by atoms with Gasteiger partial charge in [0.1, 0.15) is 0 Å². The molecule has 1 N–H and O–H groups in total. The first-order valence-electron chi connectivity index (χ1n) is 6.93. The average Bonchev–Trinajstić information content (AvgIpc) is 3.21. The van der Waals surface area contributed by atoms with Gasteiger partial charge in [-0.05, 0) is 40.8 Å². The van der Waals surface area contributed by atoms with Crippen LogP contribution in [0.25, 0.3) is 11.0 Å². The summed E-state index contributed by atoms with van der Waals surface area (Å²) in [6.45, 7) is 0.142. The summed E-state index contributed by atoms with van der Waals surface area (Å²) < 4.78 is 14.9. The Morgan fingerprint density at radius 3 is 3.04 bits per heavy atom. The Morgan fingerprint density at radius 1 is 1.25 bits per heavy atom. The molecule has 1 aromatic heterocycles. The predicted octanol–water partition coefficient (Wildman–Crippen LogP) is 0.954. The van der Waals surface area contributed by atoms with E-state index in [1.807, 2.05) is 0 Å². The van der Waals surface area contributed by atoms with Gasteiger partial charge in [0.05, 0.1) is 6.21 Å². The van der Waals surface area contributed by atoms with Crippen molar-refractivity contribution in [1.29, 1.82) is 0 Å². The molecule has 2 heterocycles. The molecule has 1 amide bonds. The van der Waals surface area contributed by atoms with E-state index in [1.165, 1.54) is 6.21 Å². The number of rotatable bonds is 3. The van der Waals surface area contributed by atoms with Crippen molar-refractivity contribution >= 4 is 23.2 Å². The third kappa shape index (κ3) is 2.47. The fraction of sp³-hybridized carbons (Fsp3) is 0.0667. The van der Waals surface area contributed by atoms with Gasteiger partial charge in [-0.25, -0.2) is 5.43 Å². The molecule has 2 aromatic carbocycles. The first-order chi connectivity index (χ1) is 11.7. The van der Waals surface area contributed by atoms with Crippen LogP contribution >= 0.6 is 0 Å². The van der Waals surface area contributed by atoms with Crippen LogP contribution in [0.4, 0.5) is 0 Å². The second-order valence-corrected chi connectivity index (χ2v) is 4.95. The number of fused-ring (bicyclic) bond motifs is 2. The summed E-state index contributed by atoms with van der Waals surface area (Å²) in [7, 11) is 0. The minimum Gasteiger partial charge on any atom is -0.454 e. The lowest BCUT2D eigenvalue weighted by molar-refractivity contribution is -0.782. The molecule has 120 valence electrons. The first kappa shape index (κ1) is 14.0. The molecule has 4 rings (SSSR count). The topological polar surface area (TPSA) is 113 Å². The summed E-state index contributed by atoms with van der Waals surface area (Å²) in [6, 6.07) is 9.72. The van der Waals surface area contributed by atoms with Crippen LogP contribution in [-0.4, -0.2) is 24.1 Å².